The van der Waals surface area contributed by atoms with E-state index in [2.05, 4.69) is 17.4 Å². The summed E-state index contributed by atoms with van der Waals surface area (Å²) in [6.45, 7) is 5.72. The standard InChI is InChI=1S/C25H27N3O2/c1-16-12-14-19(15-13-16)23-20-9-5-6-10-21(20)25(30)28(27-23)18(3)24(29)26-22-11-7-4-8-17(22)2/h4,7-8,11-15,18H,5-6,9-10H2,1-3H3,(H,26,29)/t18-/m1/s1. The molecule has 0 radical (unpaired) electrons. The lowest BCUT2D eigenvalue weighted by Crippen LogP contribution is -2.37. The van der Waals surface area contributed by atoms with Crippen molar-refractivity contribution >= 4 is 11.6 Å². The second-order valence-electron chi connectivity index (χ2n) is 8.11. The normalized spacial score (nSPS) is 14.1. The monoisotopic (exact) mass is 401 g/mol. The zero-order valence-electron chi connectivity index (χ0n) is 17.7. The van der Waals surface area contributed by atoms with Crippen molar-refractivity contribution < 1.29 is 4.79 Å². The average Bonchev–Trinajstić information content (AvgIpc) is 2.76. The third kappa shape index (κ3) is 3.80. The van der Waals surface area contributed by atoms with Crippen LogP contribution in [0.3, 0.4) is 0 Å². The molecule has 0 saturated carbocycles. The van der Waals surface area contributed by atoms with Gasteiger partial charge in [-0.25, -0.2) is 4.68 Å². The third-order valence-corrected chi connectivity index (χ3v) is 5.90. The molecule has 5 heteroatoms. The van der Waals surface area contributed by atoms with Gasteiger partial charge in [-0.05, 0) is 63.6 Å². The van der Waals surface area contributed by atoms with Crippen molar-refractivity contribution in [1.29, 1.82) is 0 Å². The number of hydrogen-bond acceptors (Lipinski definition) is 3. The minimum Gasteiger partial charge on any atom is -0.324 e. The SMILES string of the molecule is Cc1ccc(-c2nn([C@H](C)C(=O)Nc3ccccc3C)c(=O)c3c2CCCC3)cc1. The van der Waals surface area contributed by atoms with Crippen LogP contribution in [0.25, 0.3) is 11.3 Å². The number of nitrogens with one attached hydrogen (secondary N) is 1. The predicted molar refractivity (Wildman–Crippen MR) is 120 cm³/mol. The van der Waals surface area contributed by atoms with Gasteiger partial charge in [-0.1, -0.05) is 48.0 Å². The molecule has 0 bridgehead atoms. The summed E-state index contributed by atoms with van der Waals surface area (Å²) in [6, 6.07) is 15.1. The Morgan fingerprint density at radius 2 is 1.67 bits per heavy atom. The van der Waals surface area contributed by atoms with E-state index in [-0.39, 0.29) is 11.5 Å². The number of fused-ring (bicyclic) bond motifs is 1. The van der Waals surface area contributed by atoms with Crippen LogP contribution in [0, 0.1) is 13.8 Å². The van der Waals surface area contributed by atoms with E-state index in [1.54, 1.807) is 6.92 Å². The van der Waals surface area contributed by atoms with E-state index >= 15 is 0 Å². The fourth-order valence-corrected chi connectivity index (χ4v) is 4.02. The number of amides is 1. The first-order chi connectivity index (χ1) is 14.5. The highest BCUT2D eigenvalue weighted by Gasteiger charge is 2.25. The molecule has 1 heterocycles. The number of nitrogens with zero attached hydrogens (tertiary/aromatic N) is 2. The number of para-hydroxylation sites is 1. The summed E-state index contributed by atoms with van der Waals surface area (Å²) >= 11 is 0. The Morgan fingerprint density at radius 3 is 2.37 bits per heavy atom. The maximum absolute atomic E-state index is 13.2. The van der Waals surface area contributed by atoms with Gasteiger partial charge in [-0.3, -0.25) is 9.59 Å². The van der Waals surface area contributed by atoms with Crippen LogP contribution in [0.4, 0.5) is 5.69 Å². The van der Waals surface area contributed by atoms with Crippen LogP contribution in [0.1, 0.15) is 48.1 Å². The molecule has 2 aromatic carbocycles. The lowest BCUT2D eigenvalue weighted by molar-refractivity contribution is -0.119. The van der Waals surface area contributed by atoms with Gasteiger partial charge in [0.15, 0.2) is 0 Å². The first-order valence-corrected chi connectivity index (χ1v) is 10.5. The molecule has 0 unspecified atom stereocenters. The van der Waals surface area contributed by atoms with Gasteiger partial charge in [-0.15, -0.1) is 0 Å². The first kappa shape index (κ1) is 20.1. The quantitative estimate of drug-likeness (QED) is 0.695. The smallest absolute Gasteiger partial charge is 0.271 e. The zero-order chi connectivity index (χ0) is 21.3. The Hall–Kier alpha value is -3.21. The number of aryl methyl sites for hydroxylation is 2. The molecule has 0 fully saturated rings. The van der Waals surface area contributed by atoms with Gasteiger partial charge in [0, 0.05) is 16.8 Å². The molecule has 1 amide bonds. The molecule has 0 saturated heterocycles. The molecule has 1 atom stereocenters. The molecule has 3 aromatic rings. The highest BCUT2D eigenvalue weighted by atomic mass is 16.2. The fraction of sp³-hybridized carbons (Fsp3) is 0.320. The van der Waals surface area contributed by atoms with E-state index in [4.69, 9.17) is 5.10 Å². The molecule has 1 N–H and O–H groups in total. The number of carbonyl (C=O) groups excluding carboxylic acids is 1. The molecule has 154 valence electrons. The fourth-order valence-electron chi connectivity index (χ4n) is 4.02. The van der Waals surface area contributed by atoms with E-state index in [1.165, 1.54) is 10.2 Å². The Morgan fingerprint density at radius 1 is 1.00 bits per heavy atom. The molecule has 1 aliphatic rings. The van der Waals surface area contributed by atoms with E-state index in [1.807, 2.05) is 50.2 Å². The molecular formula is C25H27N3O2. The molecule has 5 nitrogen and oxygen atoms in total. The van der Waals surface area contributed by atoms with Crippen molar-refractivity contribution in [3.8, 4) is 11.3 Å². The molecule has 0 aliphatic heterocycles. The van der Waals surface area contributed by atoms with Crippen molar-refractivity contribution in [2.24, 2.45) is 0 Å². The minimum absolute atomic E-state index is 0.145. The second-order valence-corrected chi connectivity index (χ2v) is 8.11. The summed E-state index contributed by atoms with van der Waals surface area (Å²) in [7, 11) is 0. The van der Waals surface area contributed by atoms with Gasteiger partial charge in [-0.2, -0.15) is 5.10 Å². The van der Waals surface area contributed by atoms with Crippen molar-refractivity contribution in [1.82, 2.24) is 9.78 Å². The Kier molecular flexibility index (Phi) is 5.53. The second kappa shape index (κ2) is 8.27. The predicted octanol–water partition coefficient (Wildman–Crippen LogP) is 4.61. The van der Waals surface area contributed by atoms with Crippen molar-refractivity contribution in [2.45, 2.75) is 52.5 Å². The maximum atomic E-state index is 13.2. The van der Waals surface area contributed by atoms with Crippen LogP contribution in [-0.4, -0.2) is 15.7 Å². The summed E-state index contributed by atoms with van der Waals surface area (Å²) in [5, 5.41) is 7.66. The van der Waals surface area contributed by atoms with Crippen LogP contribution in [0.5, 0.6) is 0 Å². The van der Waals surface area contributed by atoms with Gasteiger partial charge < -0.3 is 5.32 Å². The van der Waals surface area contributed by atoms with E-state index < -0.39 is 6.04 Å². The average molecular weight is 402 g/mol. The van der Waals surface area contributed by atoms with E-state index in [0.717, 1.165) is 59.3 Å². The van der Waals surface area contributed by atoms with Crippen molar-refractivity contribution in [2.75, 3.05) is 5.32 Å². The van der Waals surface area contributed by atoms with Gasteiger partial charge in [0.05, 0.1) is 5.69 Å². The minimum atomic E-state index is -0.714. The van der Waals surface area contributed by atoms with Crippen LogP contribution >= 0.6 is 0 Å². The maximum Gasteiger partial charge on any atom is 0.271 e. The molecule has 0 spiro atoms. The summed E-state index contributed by atoms with van der Waals surface area (Å²) in [6.07, 6.45) is 3.64. The number of rotatable bonds is 4. The Bertz CT molecular complexity index is 1150. The van der Waals surface area contributed by atoms with Crippen LogP contribution in [0.15, 0.2) is 53.3 Å². The van der Waals surface area contributed by atoms with Gasteiger partial charge in [0.1, 0.15) is 6.04 Å². The molecule has 4 rings (SSSR count). The lowest BCUT2D eigenvalue weighted by atomic mass is 9.89. The number of carbonyl (C=O) groups is 1. The van der Waals surface area contributed by atoms with Crippen molar-refractivity contribution in [3.05, 3.63) is 81.1 Å². The van der Waals surface area contributed by atoms with Gasteiger partial charge in [0.25, 0.3) is 5.56 Å². The summed E-state index contributed by atoms with van der Waals surface area (Å²) in [4.78, 5) is 26.2. The summed E-state index contributed by atoms with van der Waals surface area (Å²) < 4.78 is 1.37. The number of benzene rings is 2. The summed E-state index contributed by atoms with van der Waals surface area (Å²) in [5.41, 5.74) is 6.40. The van der Waals surface area contributed by atoms with Crippen LogP contribution in [-0.2, 0) is 17.6 Å². The molecule has 1 aliphatic carbocycles. The summed E-state index contributed by atoms with van der Waals surface area (Å²) in [5.74, 6) is -0.246. The van der Waals surface area contributed by atoms with E-state index in [9.17, 15) is 9.59 Å². The van der Waals surface area contributed by atoms with E-state index in [0.29, 0.717) is 0 Å². The lowest BCUT2D eigenvalue weighted by Gasteiger charge is -2.23. The number of anilines is 1. The number of hydrogen-bond donors (Lipinski definition) is 1. The zero-order valence-corrected chi connectivity index (χ0v) is 17.7. The molecule has 1 aromatic heterocycles. The molecular weight excluding hydrogens is 374 g/mol. The largest absolute Gasteiger partial charge is 0.324 e. The first-order valence-electron chi connectivity index (χ1n) is 10.5. The molecule has 30 heavy (non-hydrogen) atoms. The third-order valence-electron chi connectivity index (χ3n) is 5.90. The van der Waals surface area contributed by atoms with Crippen LogP contribution in [0.2, 0.25) is 0 Å². The van der Waals surface area contributed by atoms with Gasteiger partial charge >= 0.3 is 0 Å². The highest BCUT2D eigenvalue weighted by Crippen LogP contribution is 2.29. The number of aromatic nitrogens is 2. The van der Waals surface area contributed by atoms with Gasteiger partial charge in [0.2, 0.25) is 5.91 Å². The van der Waals surface area contributed by atoms with Crippen molar-refractivity contribution in [3.63, 3.8) is 0 Å². The topological polar surface area (TPSA) is 64.0 Å². The Labute approximate surface area is 176 Å². The Balaban J connectivity index is 1.76. The van der Waals surface area contributed by atoms with Crippen LogP contribution < -0.4 is 10.9 Å². The highest BCUT2D eigenvalue weighted by molar-refractivity contribution is 5.94.